The summed E-state index contributed by atoms with van der Waals surface area (Å²) < 4.78 is 10.00. The van der Waals surface area contributed by atoms with Gasteiger partial charge in [-0.3, -0.25) is 9.88 Å². The van der Waals surface area contributed by atoms with E-state index in [1.54, 1.807) is 18.2 Å². The summed E-state index contributed by atoms with van der Waals surface area (Å²) in [6.45, 7) is 0.680. The van der Waals surface area contributed by atoms with Crippen molar-refractivity contribution in [2.75, 3.05) is 18.0 Å². The van der Waals surface area contributed by atoms with Crippen molar-refractivity contribution in [2.24, 2.45) is 5.73 Å². The zero-order valence-corrected chi connectivity index (χ0v) is 9.38. The first-order chi connectivity index (χ1) is 8.67. The van der Waals surface area contributed by atoms with Crippen LogP contribution in [0.3, 0.4) is 0 Å². The van der Waals surface area contributed by atoms with E-state index in [4.69, 9.17) is 14.9 Å². The van der Waals surface area contributed by atoms with Crippen molar-refractivity contribution in [3.05, 3.63) is 28.7 Å². The van der Waals surface area contributed by atoms with E-state index in [9.17, 15) is 9.59 Å². The Balaban J connectivity index is 1.99. The lowest BCUT2D eigenvalue weighted by Crippen LogP contribution is -2.27. The molecule has 0 saturated carbocycles. The number of nitrogens with zero attached hydrogens (tertiary/aromatic N) is 1. The molecule has 3 N–H and O–H groups in total. The van der Waals surface area contributed by atoms with Gasteiger partial charge < -0.3 is 14.9 Å². The maximum Gasteiger partial charge on any atom is 0.417 e. The molecule has 1 aromatic carbocycles. The van der Waals surface area contributed by atoms with Crippen molar-refractivity contribution in [3.63, 3.8) is 0 Å². The molecule has 0 radical (unpaired) electrons. The molecule has 0 aliphatic carbocycles. The molecule has 7 heteroatoms. The molecule has 18 heavy (non-hydrogen) atoms. The van der Waals surface area contributed by atoms with Gasteiger partial charge in [0.15, 0.2) is 5.58 Å². The van der Waals surface area contributed by atoms with Gasteiger partial charge in [-0.25, -0.2) is 9.59 Å². The maximum atomic E-state index is 11.6. The predicted molar refractivity (Wildman–Crippen MR) is 63.5 cm³/mol. The lowest BCUT2D eigenvalue weighted by Gasteiger charge is -2.12. The molecule has 1 atom stereocenters. The second-order valence-corrected chi connectivity index (χ2v) is 4.05. The molecule has 1 aromatic heterocycles. The second kappa shape index (κ2) is 3.88. The first-order valence-electron chi connectivity index (χ1n) is 5.48. The quantitative estimate of drug-likeness (QED) is 0.802. The van der Waals surface area contributed by atoms with Gasteiger partial charge in [0.05, 0.1) is 17.7 Å². The fourth-order valence-electron chi connectivity index (χ4n) is 1.96. The number of hydrogen-bond donors (Lipinski definition) is 2. The monoisotopic (exact) mass is 249 g/mol. The van der Waals surface area contributed by atoms with Crippen LogP contribution in [0.4, 0.5) is 10.5 Å². The van der Waals surface area contributed by atoms with Gasteiger partial charge in [0, 0.05) is 12.6 Å². The molecule has 1 fully saturated rings. The number of carbonyl (C=O) groups is 1. The van der Waals surface area contributed by atoms with Crippen LogP contribution >= 0.6 is 0 Å². The van der Waals surface area contributed by atoms with E-state index in [-0.39, 0.29) is 12.6 Å². The number of nitrogens with two attached hydrogens (primary N) is 1. The van der Waals surface area contributed by atoms with Gasteiger partial charge in [-0.05, 0) is 12.1 Å². The van der Waals surface area contributed by atoms with Gasteiger partial charge in [-0.1, -0.05) is 0 Å². The average molecular weight is 249 g/mol. The Morgan fingerprint density at radius 3 is 3.00 bits per heavy atom. The fraction of sp³-hybridized carbons (Fsp3) is 0.273. The minimum Gasteiger partial charge on any atom is -0.443 e. The number of rotatable bonds is 2. The molecule has 2 aromatic rings. The number of amides is 1. The van der Waals surface area contributed by atoms with Crippen LogP contribution in [-0.2, 0) is 4.74 Å². The van der Waals surface area contributed by atoms with E-state index in [0.717, 1.165) is 0 Å². The number of benzene rings is 1. The van der Waals surface area contributed by atoms with Crippen LogP contribution in [0, 0.1) is 0 Å². The third-order valence-corrected chi connectivity index (χ3v) is 2.85. The first-order valence-corrected chi connectivity index (χ1v) is 5.48. The molecule has 0 bridgehead atoms. The summed E-state index contributed by atoms with van der Waals surface area (Å²) in [6.07, 6.45) is -0.742. The van der Waals surface area contributed by atoms with E-state index >= 15 is 0 Å². The topological polar surface area (TPSA) is 102 Å². The number of aromatic amines is 1. The van der Waals surface area contributed by atoms with Crippen LogP contribution < -0.4 is 16.4 Å². The van der Waals surface area contributed by atoms with Gasteiger partial charge in [0.25, 0.3) is 0 Å². The van der Waals surface area contributed by atoms with Crippen molar-refractivity contribution in [1.82, 2.24) is 4.98 Å². The molecule has 3 rings (SSSR count). The van der Waals surface area contributed by atoms with E-state index in [1.807, 2.05) is 0 Å². The van der Waals surface area contributed by atoms with Crippen molar-refractivity contribution in [3.8, 4) is 0 Å². The zero-order chi connectivity index (χ0) is 12.7. The molecule has 1 amide bonds. The summed E-state index contributed by atoms with van der Waals surface area (Å²) in [5.74, 6) is -0.522. The number of fused-ring (bicyclic) bond motifs is 1. The molecule has 94 valence electrons. The molecule has 1 saturated heterocycles. The molecule has 0 spiro atoms. The number of carbonyl (C=O) groups excluding carboxylic acids is 1. The van der Waals surface area contributed by atoms with Crippen LogP contribution in [0.2, 0.25) is 0 Å². The Kier molecular flexibility index (Phi) is 2.34. The summed E-state index contributed by atoms with van der Waals surface area (Å²) in [5.41, 5.74) is 7.07. The minimum atomic E-state index is -0.522. The first kappa shape index (κ1) is 10.8. The fourth-order valence-corrected chi connectivity index (χ4v) is 1.96. The molecule has 7 nitrogen and oxygen atoms in total. The van der Waals surface area contributed by atoms with Crippen molar-refractivity contribution in [2.45, 2.75) is 6.10 Å². The van der Waals surface area contributed by atoms with Crippen molar-refractivity contribution >= 4 is 22.9 Å². The van der Waals surface area contributed by atoms with Gasteiger partial charge in [-0.2, -0.15) is 0 Å². The summed E-state index contributed by atoms with van der Waals surface area (Å²) in [5, 5.41) is 0. The van der Waals surface area contributed by atoms with Crippen LogP contribution in [0.15, 0.2) is 27.4 Å². The summed E-state index contributed by atoms with van der Waals surface area (Å²) in [6, 6.07) is 5.01. The van der Waals surface area contributed by atoms with Crippen molar-refractivity contribution < 1.29 is 13.9 Å². The zero-order valence-electron chi connectivity index (χ0n) is 9.38. The molecular formula is C11H11N3O4. The number of H-pyrrole nitrogens is 1. The molecule has 1 aliphatic heterocycles. The Morgan fingerprint density at radius 2 is 2.28 bits per heavy atom. The highest BCUT2D eigenvalue weighted by Crippen LogP contribution is 2.24. The molecular weight excluding hydrogens is 238 g/mol. The number of oxazole rings is 1. The highest BCUT2D eigenvalue weighted by atomic mass is 16.6. The Bertz CT molecular complexity index is 660. The third kappa shape index (κ3) is 1.65. The minimum absolute atomic E-state index is 0.281. The highest BCUT2D eigenvalue weighted by molar-refractivity contribution is 5.92. The van der Waals surface area contributed by atoms with E-state index < -0.39 is 11.8 Å². The number of anilines is 1. The SMILES string of the molecule is NC[C@H]1CN(c2ccc3[nH]c(=O)oc3c2)C(=O)O1. The van der Waals surface area contributed by atoms with Gasteiger partial charge in [-0.15, -0.1) is 0 Å². The van der Waals surface area contributed by atoms with Gasteiger partial charge in [0.2, 0.25) is 0 Å². The average Bonchev–Trinajstić information content (AvgIpc) is 2.89. The smallest absolute Gasteiger partial charge is 0.417 e. The largest absolute Gasteiger partial charge is 0.443 e. The number of nitrogens with one attached hydrogen (secondary N) is 1. The number of aromatic nitrogens is 1. The standard InChI is InChI=1S/C11H11N3O4/c12-4-7-5-14(11(16)17-7)6-1-2-8-9(3-6)18-10(15)13-8/h1-3,7H,4-5,12H2,(H,13,15)/t7-/m0/s1. The van der Waals surface area contributed by atoms with Crippen molar-refractivity contribution in [1.29, 1.82) is 0 Å². The summed E-state index contributed by atoms with van der Waals surface area (Å²) in [7, 11) is 0. The summed E-state index contributed by atoms with van der Waals surface area (Å²) >= 11 is 0. The van der Waals surface area contributed by atoms with E-state index in [0.29, 0.717) is 23.3 Å². The number of ether oxygens (including phenoxy) is 1. The Morgan fingerprint density at radius 1 is 1.44 bits per heavy atom. The Labute approximate surface area is 101 Å². The lowest BCUT2D eigenvalue weighted by molar-refractivity contribution is 0.145. The Hall–Kier alpha value is -2.28. The van der Waals surface area contributed by atoms with Crippen LogP contribution in [-0.4, -0.2) is 30.3 Å². The normalized spacial score (nSPS) is 19.5. The highest BCUT2D eigenvalue weighted by Gasteiger charge is 2.31. The lowest BCUT2D eigenvalue weighted by atomic mass is 10.2. The van der Waals surface area contributed by atoms with Crippen LogP contribution in [0.5, 0.6) is 0 Å². The predicted octanol–water partition coefficient (Wildman–Crippen LogP) is 0.405. The number of cyclic esters (lactones) is 1. The maximum absolute atomic E-state index is 11.6. The molecule has 2 heterocycles. The molecule has 0 unspecified atom stereocenters. The number of hydrogen-bond acceptors (Lipinski definition) is 5. The third-order valence-electron chi connectivity index (χ3n) is 2.85. The van der Waals surface area contributed by atoms with Crippen LogP contribution in [0.25, 0.3) is 11.1 Å². The summed E-state index contributed by atoms with van der Waals surface area (Å²) in [4.78, 5) is 26.7. The van der Waals surface area contributed by atoms with E-state index in [1.165, 1.54) is 4.90 Å². The van der Waals surface area contributed by atoms with Gasteiger partial charge >= 0.3 is 11.8 Å². The molecule has 1 aliphatic rings. The van der Waals surface area contributed by atoms with Gasteiger partial charge in [0.1, 0.15) is 6.10 Å². The van der Waals surface area contributed by atoms with E-state index in [2.05, 4.69) is 4.98 Å². The second-order valence-electron chi connectivity index (χ2n) is 4.05. The van der Waals surface area contributed by atoms with Crippen LogP contribution in [0.1, 0.15) is 0 Å².